The molecule has 0 aliphatic carbocycles. The zero-order chi connectivity index (χ0) is 17.9. The zero-order valence-electron chi connectivity index (χ0n) is 14.5. The van der Waals surface area contributed by atoms with Gasteiger partial charge in [0.2, 0.25) is 0 Å². The molecule has 1 N–H and O–H groups in total. The number of H-pyrrole nitrogens is 1. The molecule has 1 aliphatic rings. The summed E-state index contributed by atoms with van der Waals surface area (Å²) in [5.74, 6) is 2.03. The summed E-state index contributed by atoms with van der Waals surface area (Å²) in [7, 11) is 1.56. The molecule has 3 heterocycles. The van der Waals surface area contributed by atoms with E-state index in [1.54, 1.807) is 13.3 Å². The maximum absolute atomic E-state index is 6.32. The topological polar surface area (TPSA) is 66.9 Å². The molecule has 4 rings (SSSR count). The van der Waals surface area contributed by atoms with Gasteiger partial charge in [-0.25, -0.2) is 9.97 Å². The summed E-state index contributed by atoms with van der Waals surface area (Å²) in [6.07, 6.45) is 5.63. The lowest BCUT2D eigenvalue weighted by atomic mass is 9.97. The van der Waals surface area contributed by atoms with Gasteiger partial charge >= 0.3 is 6.01 Å². The minimum atomic E-state index is 0.304. The van der Waals surface area contributed by atoms with Crippen LogP contribution in [0.25, 0.3) is 11.3 Å². The van der Waals surface area contributed by atoms with Crippen LogP contribution in [0.1, 0.15) is 24.6 Å². The van der Waals surface area contributed by atoms with E-state index in [2.05, 4.69) is 37.0 Å². The number of benzene rings is 1. The number of aromatic amines is 1. The van der Waals surface area contributed by atoms with Crippen LogP contribution in [0.3, 0.4) is 0 Å². The number of piperidine rings is 1. The van der Waals surface area contributed by atoms with Crippen molar-refractivity contribution < 1.29 is 4.74 Å². The number of imidazole rings is 1. The second-order valence-corrected chi connectivity index (χ2v) is 6.77. The van der Waals surface area contributed by atoms with Crippen LogP contribution in [0, 0.1) is 0 Å². The van der Waals surface area contributed by atoms with Crippen molar-refractivity contribution in [1.82, 2.24) is 19.9 Å². The van der Waals surface area contributed by atoms with Crippen molar-refractivity contribution >= 4 is 17.4 Å². The first-order valence-electron chi connectivity index (χ1n) is 8.66. The first-order valence-corrected chi connectivity index (χ1v) is 9.04. The molecule has 0 spiro atoms. The Morgan fingerprint density at radius 2 is 2.04 bits per heavy atom. The Hall–Kier alpha value is -2.60. The summed E-state index contributed by atoms with van der Waals surface area (Å²) in [6.45, 7) is 1.71. The number of halogens is 1. The van der Waals surface area contributed by atoms with E-state index >= 15 is 0 Å². The first kappa shape index (κ1) is 16.8. The molecule has 0 radical (unpaired) electrons. The molecule has 1 aliphatic heterocycles. The molecule has 0 bridgehead atoms. The lowest BCUT2D eigenvalue weighted by Gasteiger charge is -2.33. The third-order valence-corrected chi connectivity index (χ3v) is 4.94. The first-order chi connectivity index (χ1) is 12.7. The number of ether oxygens (including phenoxy) is 1. The number of hydrogen-bond donors (Lipinski definition) is 1. The van der Waals surface area contributed by atoms with Crippen molar-refractivity contribution in [3.8, 4) is 17.3 Å². The van der Waals surface area contributed by atoms with Gasteiger partial charge < -0.3 is 14.6 Å². The van der Waals surface area contributed by atoms with Crippen molar-refractivity contribution in [1.29, 1.82) is 0 Å². The fourth-order valence-corrected chi connectivity index (χ4v) is 3.57. The van der Waals surface area contributed by atoms with E-state index in [9.17, 15) is 0 Å². The number of nitrogens with zero attached hydrogens (tertiary/aromatic N) is 4. The van der Waals surface area contributed by atoms with Gasteiger partial charge in [-0.1, -0.05) is 41.9 Å². The van der Waals surface area contributed by atoms with Gasteiger partial charge in [-0.05, 0) is 18.4 Å². The third kappa shape index (κ3) is 3.37. The largest absolute Gasteiger partial charge is 0.467 e. The number of aromatic nitrogens is 4. The van der Waals surface area contributed by atoms with Gasteiger partial charge in [0, 0.05) is 19.0 Å². The monoisotopic (exact) mass is 369 g/mol. The SMILES string of the molecule is COc1ncc(Cl)c(N2CCCC(c3ncc(-c4ccccc4)[nH]3)C2)n1. The minimum absolute atomic E-state index is 0.304. The highest BCUT2D eigenvalue weighted by Gasteiger charge is 2.26. The summed E-state index contributed by atoms with van der Waals surface area (Å²) in [5, 5.41) is 0.538. The molecule has 1 atom stereocenters. The van der Waals surface area contributed by atoms with Gasteiger partial charge in [0.1, 0.15) is 10.8 Å². The molecule has 1 saturated heterocycles. The van der Waals surface area contributed by atoms with E-state index in [0.717, 1.165) is 48.8 Å². The molecule has 1 aromatic carbocycles. The van der Waals surface area contributed by atoms with Crippen molar-refractivity contribution in [3.05, 3.63) is 53.6 Å². The number of rotatable bonds is 4. The van der Waals surface area contributed by atoms with Crippen molar-refractivity contribution in [2.45, 2.75) is 18.8 Å². The van der Waals surface area contributed by atoms with Crippen LogP contribution in [0.15, 0.2) is 42.7 Å². The van der Waals surface area contributed by atoms with Crippen LogP contribution >= 0.6 is 11.6 Å². The van der Waals surface area contributed by atoms with Crippen LogP contribution in [0.2, 0.25) is 5.02 Å². The van der Waals surface area contributed by atoms with Gasteiger partial charge in [-0.3, -0.25) is 0 Å². The quantitative estimate of drug-likeness (QED) is 0.755. The van der Waals surface area contributed by atoms with Gasteiger partial charge in [0.05, 0.1) is 25.2 Å². The Balaban J connectivity index is 1.55. The smallest absolute Gasteiger partial charge is 0.318 e. The van der Waals surface area contributed by atoms with E-state index in [4.69, 9.17) is 16.3 Å². The van der Waals surface area contributed by atoms with Crippen molar-refractivity contribution in [3.63, 3.8) is 0 Å². The summed E-state index contributed by atoms with van der Waals surface area (Å²) >= 11 is 6.32. The molecule has 2 aromatic heterocycles. The van der Waals surface area contributed by atoms with Gasteiger partial charge in [-0.15, -0.1) is 0 Å². The number of nitrogens with one attached hydrogen (secondary N) is 1. The summed E-state index contributed by atoms with van der Waals surface area (Å²) < 4.78 is 5.14. The lowest BCUT2D eigenvalue weighted by Crippen LogP contribution is -2.35. The average Bonchev–Trinajstić information content (AvgIpc) is 3.19. The standard InChI is InChI=1S/C19H20ClN5O/c1-26-19-22-10-15(20)18(24-19)25-9-5-8-14(12-25)17-21-11-16(23-17)13-6-3-2-4-7-13/h2-4,6-7,10-11,14H,5,8-9,12H2,1H3,(H,21,23). The lowest BCUT2D eigenvalue weighted by molar-refractivity contribution is 0.378. The summed E-state index contributed by atoms with van der Waals surface area (Å²) in [6, 6.07) is 10.6. The Labute approximate surface area is 157 Å². The van der Waals surface area contributed by atoms with E-state index in [-0.39, 0.29) is 0 Å². The normalized spacial score (nSPS) is 17.3. The maximum atomic E-state index is 6.32. The fraction of sp³-hybridized carbons (Fsp3) is 0.316. The second-order valence-electron chi connectivity index (χ2n) is 6.36. The summed E-state index contributed by atoms with van der Waals surface area (Å²) in [4.78, 5) is 18.8. The summed E-state index contributed by atoms with van der Waals surface area (Å²) in [5.41, 5.74) is 2.18. The van der Waals surface area contributed by atoms with Gasteiger partial charge in [-0.2, -0.15) is 4.98 Å². The highest BCUT2D eigenvalue weighted by molar-refractivity contribution is 6.32. The second kappa shape index (κ2) is 7.33. The van der Waals surface area contributed by atoms with Crippen LogP contribution in [0.4, 0.5) is 5.82 Å². The van der Waals surface area contributed by atoms with Crippen LogP contribution in [-0.2, 0) is 0 Å². The molecule has 3 aromatic rings. The van der Waals surface area contributed by atoms with Crippen molar-refractivity contribution in [2.75, 3.05) is 25.1 Å². The predicted molar refractivity (Wildman–Crippen MR) is 102 cm³/mol. The number of methoxy groups -OCH3 is 1. The predicted octanol–water partition coefficient (Wildman–Crippen LogP) is 3.91. The molecule has 26 heavy (non-hydrogen) atoms. The molecule has 1 fully saturated rings. The highest BCUT2D eigenvalue weighted by Crippen LogP contribution is 2.32. The van der Waals surface area contributed by atoms with E-state index < -0.39 is 0 Å². The Morgan fingerprint density at radius 3 is 2.85 bits per heavy atom. The van der Waals surface area contributed by atoms with Crippen LogP contribution < -0.4 is 9.64 Å². The van der Waals surface area contributed by atoms with E-state index in [1.807, 2.05) is 24.4 Å². The molecule has 7 heteroatoms. The van der Waals surface area contributed by atoms with Crippen molar-refractivity contribution in [2.24, 2.45) is 0 Å². The zero-order valence-corrected chi connectivity index (χ0v) is 15.3. The highest BCUT2D eigenvalue weighted by atomic mass is 35.5. The third-order valence-electron chi connectivity index (χ3n) is 4.67. The average molecular weight is 370 g/mol. The van der Waals surface area contributed by atoms with E-state index in [0.29, 0.717) is 17.0 Å². The fourth-order valence-electron chi connectivity index (χ4n) is 3.36. The Kier molecular flexibility index (Phi) is 4.75. The van der Waals surface area contributed by atoms with E-state index in [1.165, 1.54) is 0 Å². The molecule has 134 valence electrons. The van der Waals surface area contributed by atoms with Gasteiger partial charge in [0.15, 0.2) is 5.82 Å². The molecule has 0 amide bonds. The number of anilines is 1. The molecular formula is C19H20ClN5O. The molecule has 6 nitrogen and oxygen atoms in total. The Bertz CT molecular complexity index is 883. The number of hydrogen-bond acceptors (Lipinski definition) is 5. The van der Waals surface area contributed by atoms with Crippen LogP contribution in [0.5, 0.6) is 6.01 Å². The van der Waals surface area contributed by atoms with Gasteiger partial charge in [0.25, 0.3) is 0 Å². The molecule has 1 unspecified atom stereocenters. The van der Waals surface area contributed by atoms with Crippen LogP contribution in [-0.4, -0.2) is 40.1 Å². The molecule has 0 saturated carbocycles. The minimum Gasteiger partial charge on any atom is -0.467 e. The maximum Gasteiger partial charge on any atom is 0.318 e. The Morgan fingerprint density at radius 1 is 1.19 bits per heavy atom. The molecular weight excluding hydrogens is 350 g/mol.